The van der Waals surface area contributed by atoms with Crippen LogP contribution >= 0.6 is 0 Å². The third kappa shape index (κ3) is 2.47. The summed E-state index contributed by atoms with van der Waals surface area (Å²) in [6.45, 7) is 2.68. The summed E-state index contributed by atoms with van der Waals surface area (Å²) in [5.74, 6) is 0.796. The van der Waals surface area contributed by atoms with E-state index in [1.165, 1.54) is 18.2 Å². The monoisotopic (exact) mass is 386 g/mol. The van der Waals surface area contributed by atoms with Crippen LogP contribution in [0, 0.1) is 10.1 Å². The van der Waals surface area contributed by atoms with E-state index in [-0.39, 0.29) is 11.4 Å². The highest BCUT2D eigenvalue weighted by atomic mass is 16.6. The van der Waals surface area contributed by atoms with E-state index in [9.17, 15) is 15.2 Å². The fourth-order valence-electron chi connectivity index (χ4n) is 4.18. The van der Waals surface area contributed by atoms with Gasteiger partial charge in [-0.3, -0.25) is 14.7 Å². The Morgan fingerprint density at radius 2 is 1.86 bits per heavy atom. The van der Waals surface area contributed by atoms with Gasteiger partial charge < -0.3 is 10.0 Å². The van der Waals surface area contributed by atoms with Gasteiger partial charge in [0.2, 0.25) is 0 Å². The molecule has 29 heavy (non-hydrogen) atoms. The molecule has 4 aromatic rings. The molecule has 1 N–H and O–H groups in total. The standard InChI is InChI=1S/C22H18N4O3/c1-2-24-18-9-5-3-7-15(18)21-23-17-8-4-6-10-19(17)25(21)22(24)16-13-14(26(28)29)11-12-20(16)27/h3-13,22,27H,2H2,1H3/t22-/m0/s1. The largest absolute Gasteiger partial charge is 0.508 e. The summed E-state index contributed by atoms with van der Waals surface area (Å²) in [6, 6.07) is 19.9. The summed E-state index contributed by atoms with van der Waals surface area (Å²) in [7, 11) is 0. The van der Waals surface area contributed by atoms with Crippen LogP contribution in [0.15, 0.2) is 66.7 Å². The third-order valence-electron chi connectivity index (χ3n) is 5.43. The Balaban J connectivity index is 1.87. The number of aromatic nitrogens is 2. The maximum absolute atomic E-state index is 11.4. The Morgan fingerprint density at radius 1 is 1.10 bits per heavy atom. The summed E-state index contributed by atoms with van der Waals surface area (Å²) in [5.41, 5.74) is 4.13. The summed E-state index contributed by atoms with van der Waals surface area (Å²) >= 11 is 0. The number of aromatic hydroxyl groups is 1. The fourth-order valence-corrected chi connectivity index (χ4v) is 4.18. The highest BCUT2D eigenvalue weighted by Gasteiger charge is 2.35. The number of phenolic OH excluding ortho intramolecular Hbond substituents is 1. The van der Waals surface area contributed by atoms with E-state index >= 15 is 0 Å². The Labute approximate surface area is 166 Å². The average molecular weight is 386 g/mol. The van der Waals surface area contributed by atoms with E-state index in [0.717, 1.165) is 28.1 Å². The number of nitro groups is 1. The van der Waals surface area contributed by atoms with Crippen LogP contribution in [-0.4, -0.2) is 26.1 Å². The molecule has 1 atom stereocenters. The van der Waals surface area contributed by atoms with E-state index < -0.39 is 11.1 Å². The van der Waals surface area contributed by atoms with Crippen molar-refractivity contribution in [3.05, 3.63) is 82.4 Å². The minimum atomic E-state index is -0.461. The van der Waals surface area contributed by atoms with Crippen LogP contribution in [0.3, 0.4) is 0 Å². The van der Waals surface area contributed by atoms with Crippen molar-refractivity contribution in [1.29, 1.82) is 0 Å². The molecule has 0 saturated carbocycles. The lowest BCUT2D eigenvalue weighted by Crippen LogP contribution is -2.37. The first-order valence-electron chi connectivity index (χ1n) is 9.40. The van der Waals surface area contributed by atoms with E-state index in [0.29, 0.717) is 12.1 Å². The van der Waals surface area contributed by atoms with Crippen LogP contribution in [0.4, 0.5) is 11.4 Å². The maximum atomic E-state index is 11.4. The molecule has 1 aromatic heterocycles. The Hall–Kier alpha value is -3.87. The predicted molar refractivity (Wildman–Crippen MR) is 111 cm³/mol. The number of para-hydroxylation sites is 3. The van der Waals surface area contributed by atoms with Gasteiger partial charge in [-0.05, 0) is 37.3 Å². The third-order valence-corrected chi connectivity index (χ3v) is 5.43. The molecule has 0 fully saturated rings. The van der Waals surface area contributed by atoms with Crippen molar-refractivity contribution >= 4 is 22.4 Å². The number of fused-ring (bicyclic) bond motifs is 5. The molecule has 3 aromatic carbocycles. The molecule has 144 valence electrons. The maximum Gasteiger partial charge on any atom is 0.270 e. The first kappa shape index (κ1) is 17.2. The lowest BCUT2D eigenvalue weighted by Gasteiger charge is -2.40. The molecule has 0 bridgehead atoms. The molecule has 0 saturated heterocycles. The number of nitro benzene ring substituents is 1. The van der Waals surface area contributed by atoms with Crippen LogP contribution in [0.2, 0.25) is 0 Å². The Morgan fingerprint density at radius 3 is 2.66 bits per heavy atom. The lowest BCUT2D eigenvalue weighted by molar-refractivity contribution is -0.385. The highest BCUT2D eigenvalue weighted by Crippen LogP contribution is 2.46. The number of imidazole rings is 1. The van der Waals surface area contributed by atoms with E-state index in [1.54, 1.807) is 0 Å². The van der Waals surface area contributed by atoms with Gasteiger partial charge in [-0.2, -0.15) is 0 Å². The second-order valence-electron chi connectivity index (χ2n) is 6.97. The zero-order valence-corrected chi connectivity index (χ0v) is 15.7. The number of benzene rings is 3. The fraction of sp³-hybridized carbons (Fsp3) is 0.136. The number of anilines is 1. The molecule has 0 amide bonds. The van der Waals surface area contributed by atoms with Crippen LogP contribution in [0.5, 0.6) is 5.75 Å². The van der Waals surface area contributed by atoms with Gasteiger partial charge in [-0.15, -0.1) is 0 Å². The van der Waals surface area contributed by atoms with Crippen LogP contribution < -0.4 is 4.90 Å². The van der Waals surface area contributed by atoms with Crippen LogP contribution in [0.25, 0.3) is 22.4 Å². The molecular weight excluding hydrogens is 368 g/mol. The minimum Gasteiger partial charge on any atom is -0.508 e. The number of hydrogen-bond acceptors (Lipinski definition) is 5. The summed E-state index contributed by atoms with van der Waals surface area (Å²) < 4.78 is 2.06. The molecule has 0 unspecified atom stereocenters. The van der Waals surface area contributed by atoms with Gasteiger partial charge in [0.05, 0.1) is 16.0 Å². The Kier molecular flexibility index (Phi) is 3.77. The smallest absolute Gasteiger partial charge is 0.270 e. The molecule has 1 aliphatic rings. The molecular formula is C22H18N4O3. The van der Waals surface area contributed by atoms with E-state index in [1.807, 2.05) is 55.5 Å². The minimum absolute atomic E-state index is 0.0159. The second-order valence-corrected chi connectivity index (χ2v) is 6.97. The molecule has 2 heterocycles. The van der Waals surface area contributed by atoms with Gasteiger partial charge in [-0.1, -0.05) is 24.3 Å². The first-order chi connectivity index (χ1) is 14.1. The summed E-state index contributed by atoms with van der Waals surface area (Å²) in [4.78, 5) is 17.9. The number of phenols is 1. The first-order valence-corrected chi connectivity index (χ1v) is 9.40. The predicted octanol–water partition coefficient (Wildman–Crippen LogP) is 4.70. The quantitative estimate of drug-likeness (QED) is 0.407. The molecule has 0 aliphatic carbocycles. The van der Waals surface area contributed by atoms with Crippen molar-refractivity contribution < 1.29 is 10.0 Å². The van der Waals surface area contributed by atoms with Gasteiger partial charge in [0, 0.05) is 35.5 Å². The molecule has 7 heteroatoms. The zero-order chi connectivity index (χ0) is 20.1. The summed E-state index contributed by atoms with van der Waals surface area (Å²) in [5, 5.41) is 22.1. The van der Waals surface area contributed by atoms with Crippen molar-refractivity contribution in [3.63, 3.8) is 0 Å². The number of rotatable bonds is 3. The zero-order valence-electron chi connectivity index (χ0n) is 15.7. The molecule has 7 nitrogen and oxygen atoms in total. The van der Waals surface area contributed by atoms with Crippen molar-refractivity contribution in [1.82, 2.24) is 9.55 Å². The van der Waals surface area contributed by atoms with Gasteiger partial charge in [0.25, 0.3) is 5.69 Å². The SMILES string of the molecule is CCN1c2ccccc2-c2nc3ccccc3n2[C@H]1c1cc([N+](=O)[O-])ccc1O. The molecule has 5 rings (SSSR count). The van der Waals surface area contributed by atoms with Gasteiger partial charge in [-0.25, -0.2) is 4.98 Å². The van der Waals surface area contributed by atoms with Crippen molar-refractivity contribution in [3.8, 4) is 17.1 Å². The number of hydrogen-bond donors (Lipinski definition) is 1. The number of nitrogens with zero attached hydrogens (tertiary/aromatic N) is 4. The van der Waals surface area contributed by atoms with Crippen LogP contribution in [0.1, 0.15) is 18.7 Å². The Bertz CT molecular complexity index is 1260. The molecule has 0 spiro atoms. The van der Waals surface area contributed by atoms with E-state index in [4.69, 9.17) is 4.98 Å². The second kappa shape index (κ2) is 6.34. The molecule has 0 radical (unpaired) electrons. The van der Waals surface area contributed by atoms with Gasteiger partial charge >= 0.3 is 0 Å². The van der Waals surface area contributed by atoms with Crippen molar-refractivity contribution in [2.75, 3.05) is 11.4 Å². The lowest BCUT2D eigenvalue weighted by atomic mass is 10.0. The van der Waals surface area contributed by atoms with Gasteiger partial charge in [0.1, 0.15) is 17.7 Å². The number of non-ortho nitro benzene ring substituents is 1. The molecule has 1 aliphatic heterocycles. The van der Waals surface area contributed by atoms with E-state index in [2.05, 4.69) is 9.47 Å². The van der Waals surface area contributed by atoms with Crippen molar-refractivity contribution in [2.45, 2.75) is 13.1 Å². The summed E-state index contributed by atoms with van der Waals surface area (Å²) in [6.07, 6.45) is -0.461. The highest BCUT2D eigenvalue weighted by molar-refractivity contribution is 5.87. The average Bonchev–Trinajstić information content (AvgIpc) is 3.13. The van der Waals surface area contributed by atoms with Crippen molar-refractivity contribution in [2.24, 2.45) is 0 Å². The normalized spacial score (nSPS) is 15.2. The van der Waals surface area contributed by atoms with Crippen LogP contribution in [-0.2, 0) is 0 Å². The van der Waals surface area contributed by atoms with Gasteiger partial charge in [0.15, 0.2) is 0 Å². The topological polar surface area (TPSA) is 84.4 Å².